The number of nitrogen functional groups attached to an aromatic ring is 1. The summed E-state index contributed by atoms with van der Waals surface area (Å²) in [5.41, 5.74) is 12.7. The van der Waals surface area contributed by atoms with Gasteiger partial charge in [0.2, 0.25) is 5.91 Å². The van der Waals surface area contributed by atoms with Crippen LogP contribution in [0.2, 0.25) is 0 Å². The van der Waals surface area contributed by atoms with Gasteiger partial charge in [-0.3, -0.25) is 9.00 Å². The number of hydrogen-bond donors (Lipinski definition) is 2. The molecule has 2 aromatic carbocycles. The number of aryl methyl sites for hydroxylation is 1. The minimum Gasteiger partial charge on any atom is -0.399 e. The van der Waals surface area contributed by atoms with Gasteiger partial charge in [-0.1, -0.05) is 0 Å². The molecule has 0 radical (unpaired) electrons. The molecule has 4 N–H and O–H groups in total. The Morgan fingerprint density at radius 1 is 1.24 bits per heavy atom. The molecule has 6 heteroatoms. The monoisotopic (exact) mass is 306 g/mol. The lowest BCUT2D eigenvalue weighted by Crippen LogP contribution is -2.12. The van der Waals surface area contributed by atoms with Gasteiger partial charge in [-0.25, -0.2) is 4.39 Å². The highest BCUT2D eigenvalue weighted by Gasteiger charge is 2.12. The molecule has 1 unspecified atom stereocenters. The summed E-state index contributed by atoms with van der Waals surface area (Å²) in [6, 6.07) is 8.81. The number of rotatable bonds is 4. The Bertz CT molecular complexity index is 732. The highest BCUT2D eigenvalue weighted by atomic mass is 32.2. The molecule has 110 valence electrons. The van der Waals surface area contributed by atoms with Crippen LogP contribution in [0.5, 0.6) is 0 Å². The Balaban J connectivity index is 2.28. The molecular formula is C15H15FN2O2S. The molecule has 2 aromatic rings. The Kier molecular flexibility index (Phi) is 4.37. The van der Waals surface area contributed by atoms with Gasteiger partial charge in [-0.2, -0.15) is 0 Å². The van der Waals surface area contributed by atoms with Crippen molar-refractivity contribution in [3.8, 4) is 0 Å². The molecule has 21 heavy (non-hydrogen) atoms. The van der Waals surface area contributed by atoms with Gasteiger partial charge in [-0.15, -0.1) is 0 Å². The maximum absolute atomic E-state index is 13.7. The van der Waals surface area contributed by atoms with Crippen molar-refractivity contribution >= 4 is 22.4 Å². The second-order valence-corrected chi connectivity index (χ2v) is 6.13. The smallest absolute Gasteiger partial charge is 0.248 e. The molecule has 0 aliphatic rings. The fourth-order valence-electron chi connectivity index (χ4n) is 1.85. The lowest BCUT2D eigenvalue weighted by Gasteiger charge is -2.07. The molecule has 4 nitrogen and oxygen atoms in total. The zero-order valence-corrected chi connectivity index (χ0v) is 12.2. The summed E-state index contributed by atoms with van der Waals surface area (Å²) < 4.78 is 26.0. The first-order chi connectivity index (χ1) is 9.88. The number of hydrogen-bond acceptors (Lipinski definition) is 3. The van der Waals surface area contributed by atoms with Gasteiger partial charge in [0.1, 0.15) is 5.82 Å². The van der Waals surface area contributed by atoms with E-state index in [9.17, 15) is 13.4 Å². The van der Waals surface area contributed by atoms with Crippen LogP contribution in [-0.4, -0.2) is 10.1 Å². The number of benzene rings is 2. The van der Waals surface area contributed by atoms with Crippen LogP contribution in [0, 0.1) is 12.7 Å². The van der Waals surface area contributed by atoms with Crippen LogP contribution in [0.3, 0.4) is 0 Å². The highest BCUT2D eigenvalue weighted by molar-refractivity contribution is 7.84. The Hall–Kier alpha value is -2.21. The van der Waals surface area contributed by atoms with Gasteiger partial charge in [0.25, 0.3) is 0 Å². The van der Waals surface area contributed by atoms with Crippen LogP contribution < -0.4 is 11.5 Å². The zero-order chi connectivity index (χ0) is 15.6. The molecule has 0 saturated heterocycles. The molecule has 0 aliphatic heterocycles. The van der Waals surface area contributed by atoms with Gasteiger partial charge in [-0.05, 0) is 48.9 Å². The highest BCUT2D eigenvalue weighted by Crippen LogP contribution is 2.20. The lowest BCUT2D eigenvalue weighted by atomic mass is 10.1. The number of amides is 1. The maximum atomic E-state index is 13.7. The van der Waals surface area contributed by atoms with Gasteiger partial charge >= 0.3 is 0 Å². The Labute approximate surface area is 124 Å². The van der Waals surface area contributed by atoms with Crippen LogP contribution in [0.4, 0.5) is 10.1 Å². The van der Waals surface area contributed by atoms with E-state index in [0.717, 1.165) is 11.6 Å². The molecule has 1 amide bonds. The van der Waals surface area contributed by atoms with Crippen LogP contribution in [0.25, 0.3) is 0 Å². The molecule has 2 rings (SSSR count). The molecule has 0 aliphatic carbocycles. The summed E-state index contributed by atoms with van der Waals surface area (Å²) in [5, 5.41) is 0. The van der Waals surface area contributed by atoms with Crippen LogP contribution in [0.1, 0.15) is 21.5 Å². The number of anilines is 1. The summed E-state index contributed by atoms with van der Waals surface area (Å²) >= 11 is 0. The zero-order valence-electron chi connectivity index (χ0n) is 11.4. The Morgan fingerprint density at radius 2 is 1.95 bits per heavy atom. The third kappa shape index (κ3) is 3.46. The van der Waals surface area contributed by atoms with E-state index < -0.39 is 22.5 Å². The van der Waals surface area contributed by atoms with Crippen molar-refractivity contribution in [3.05, 3.63) is 58.9 Å². The maximum Gasteiger partial charge on any atom is 0.248 e. The Morgan fingerprint density at radius 3 is 2.57 bits per heavy atom. The van der Waals surface area contributed by atoms with E-state index in [0.29, 0.717) is 10.6 Å². The van der Waals surface area contributed by atoms with Gasteiger partial charge in [0, 0.05) is 21.7 Å². The van der Waals surface area contributed by atoms with E-state index in [1.165, 1.54) is 12.1 Å². The second kappa shape index (κ2) is 6.05. The summed E-state index contributed by atoms with van der Waals surface area (Å²) in [6.45, 7) is 1.81. The fraction of sp³-hybridized carbons (Fsp3) is 0.133. The van der Waals surface area contributed by atoms with Gasteiger partial charge in [0.15, 0.2) is 0 Å². The first kappa shape index (κ1) is 15.2. The van der Waals surface area contributed by atoms with Crippen LogP contribution >= 0.6 is 0 Å². The summed E-state index contributed by atoms with van der Waals surface area (Å²) in [5.74, 6) is -1.19. The molecule has 0 aromatic heterocycles. The van der Waals surface area contributed by atoms with E-state index in [1.807, 2.05) is 6.92 Å². The normalized spacial score (nSPS) is 12.1. The van der Waals surface area contributed by atoms with Gasteiger partial charge < -0.3 is 11.5 Å². The van der Waals surface area contributed by atoms with E-state index in [4.69, 9.17) is 11.5 Å². The fourth-order valence-corrected chi connectivity index (χ4v) is 3.05. The first-order valence-corrected chi connectivity index (χ1v) is 7.53. The third-order valence-corrected chi connectivity index (χ3v) is 4.47. The first-order valence-electron chi connectivity index (χ1n) is 6.21. The van der Waals surface area contributed by atoms with Crippen molar-refractivity contribution in [2.45, 2.75) is 17.6 Å². The molecular weight excluding hydrogens is 291 g/mol. The molecule has 0 saturated carbocycles. The third-order valence-electron chi connectivity index (χ3n) is 3.12. The largest absolute Gasteiger partial charge is 0.399 e. The number of nitrogens with two attached hydrogens (primary N) is 2. The molecule has 0 bridgehead atoms. The van der Waals surface area contributed by atoms with Crippen molar-refractivity contribution < 1.29 is 13.4 Å². The van der Waals surface area contributed by atoms with Crippen molar-refractivity contribution in [3.63, 3.8) is 0 Å². The van der Waals surface area contributed by atoms with Crippen molar-refractivity contribution in [2.24, 2.45) is 5.73 Å². The van der Waals surface area contributed by atoms with E-state index in [1.54, 1.807) is 18.2 Å². The quantitative estimate of drug-likeness (QED) is 0.848. The molecule has 1 atom stereocenters. The van der Waals surface area contributed by atoms with Crippen LogP contribution in [0.15, 0.2) is 41.3 Å². The lowest BCUT2D eigenvalue weighted by molar-refractivity contribution is 0.1000. The number of halogens is 1. The molecule has 0 fully saturated rings. The van der Waals surface area contributed by atoms with E-state index in [-0.39, 0.29) is 16.9 Å². The number of carbonyl (C=O) groups excluding carboxylic acids is 1. The topological polar surface area (TPSA) is 86.2 Å². The van der Waals surface area contributed by atoms with Crippen molar-refractivity contribution in [1.82, 2.24) is 0 Å². The van der Waals surface area contributed by atoms with E-state index >= 15 is 0 Å². The molecule has 0 heterocycles. The molecule has 0 spiro atoms. The SMILES string of the molecule is Cc1cc(S(=O)Cc2cc(C(N)=O)ccc2F)ccc1N. The summed E-state index contributed by atoms with van der Waals surface area (Å²) in [6.07, 6.45) is 0. The summed E-state index contributed by atoms with van der Waals surface area (Å²) in [4.78, 5) is 11.7. The number of primary amides is 1. The van der Waals surface area contributed by atoms with Crippen molar-refractivity contribution in [2.75, 3.05) is 5.73 Å². The van der Waals surface area contributed by atoms with Crippen molar-refractivity contribution in [1.29, 1.82) is 0 Å². The van der Waals surface area contributed by atoms with E-state index in [2.05, 4.69) is 0 Å². The minimum absolute atomic E-state index is 0.0314. The predicted octanol–water partition coefficient (Wildman–Crippen LogP) is 2.12. The second-order valence-electron chi connectivity index (χ2n) is 4.68. The standard InChI is InChI=1S/C15H15FN2O2S/c1-9-6-12(3-5-14(9)17)21(20)8-11-7-10(15(18)19)2-4-13(11)16/h2-7H,8,17H2,1H3,(H2,18,19). The average Bonchev–Trinajstić information content (AvgIpc) is 2.43. The summed E-state index contributed by atoms with van der Waals surface area (Å²) in [7, 11) is -1.43. The van der Waals surface area contributed by atoms with Crippen LogP contribution in [-0.2, 0) is 16.6 Å². The minimum atomic E-state index is -1.43. The predicted molar refractivity (Wildman–Crippen MR) is 80.6 cm³/mol. The van der Waals surface area contributed by atoms with Gasteiger partial charge in [0.05, 0.1) is 16.6 Å². The number of carbonyl (C=O) groups is 1. The average molecular weight is 306 g/mol.